The first-order valence-corrected chi connectivity index (χ1v) is 10.1. The summed E-state index contributed by atoms with van der Waals surface area (Å²) in [6.07, 6.45) is 9.65. The summed E-state index contributed by atoms with van der Waals surface area (Å²) in [6.45, 7) is 2.98. The van der Waals surface area contributed by atoms with Gasteiger partial charge in [-0.2, -0.15) is 10.2 Å². The average molecular weight is 395 g/mol. The van der Waals surface area contributed by atoms with Crippen molar-refractivity contribution in [2.75, 3.05) is 37.6 Å². The first-order valence-electron chi connectivity index (χ1n) is 10.1. The fraction of sp³-hybridized carbons (Fsp3) is 0.476. The van der Waals surface area contributed by atoms with Crippen LogP contribution >= 0.6 is 0 Å². The predicted molar refractivity (Wildman–Crippen MR) is 107 cm³/mol. The monoisotopic (exact) mass is 395 g/mol. The van der Waals surface area contributed by atoms with E-state index in [9.17, 15) is 10.1 Å². The molecule has 1 N–H and O–H groups in total. The van der Waals surface area contributed by atoms with E-state index in [1.165, 1.54) is 31.1 Å². The van der Waals surface area contributed by atoms with Gasteiger partial charge in [0.25, 0.3) is 5.89 Å². The molecular formula is C21H25N5O3. The fourth-order valence-electron chi connectivity index (χ4n) is 3.79. The second-order valence-corrected chi connectivity index (χ2v) is 7.33. The molecule has 2 aliphatic rings. The van der Waals surface area contributed by atoms with E-state index in [2.05, 4.69) is 22.4 Å². The van der Waals surface area contributed by atoms with Crippen molar-refractivity contribution >= 4 is 11.9 Å². The van der Waals surface area contributed by atoms with E-state index in [-0.39, 0.29) is 11.7 Å². The summed E-state index contributed by atoms with van der Waals surface area (Å²) in [7, 11) is 0. The highest BCUT2D eigenvalue weighted by Crippen LogP contribution is 2.29. The zero-order valence-electron chi connectivity index (χ0n) is 16.4. The second-order valence-electron chi connectivity index (χ2n) is 7.33. The van der Waals surface area contributed by atoms with Gasteiger partial charge in [0, 0.05) is 32.7 Å². The third-order valence-corrected chi connectivity index (χ3v) is 5.41. The molecule has 1 aliphatic carbocycles. The summed E-state index contributed by atoms with van der Waals surface area (Å²) >= 11 is 0. The van der Waals surface area contributed by atoms with Gasteiger partial charge in [-0.1, -0.05) is 11.6 Å². The molecule has 1 aliphatic heterocycles. The molecule has 0 atom stereocenters. The summed E-state index contributed by atoms with van der Waals surface area (Å²) in [5.41, 5.74) is 1.69. The Morgan fingerprint density at radius 2 is 2.14 bits per heavy atom. The number of urea groups is 1. The molecule has 0 spiro atoms. The molecule has 0 bridgehead atoms. The van der Waals surface area contributed by atoms with E-state index in [1.54, 1.807) is 12.1 Å². The van der Waals surface area contributed by atoms with Gasteiger partial charge in [-0.25, -0.2) is 4.79 Å². The molecule has 1 fully saturated rings. The first-order chi connectivity index (χ1) is 14.2. The molecule has 0 aromatic carbocycles. The maximum Gasteiger partial charge on any atom is 0.317 e. The first kappa shape index (κ1) is 19.1. The Balaban J connectivity index is 1.29. The van der Waals surface area contributed by atoms with Crippen molar-refractivity contribution in [2.24, 2.45) is 0 Å². The lowest BCUT2D eigenvalue weighted by Gasteiger charge is -2.34. The minimum atomic E-state index is -0.0320. The van der Waals surface area contributed by atoms with Crippen LogP contribution in [0.15, 0.2) is 38.9 Å². The molecule has 8 nitrogen and oxygen atoms in total. The number of anilines is 1. The molecule has 2 aromatic rings. The quantitative estimate of drug-likeness (QED) is 0.778. The molecule has 2 aromatic heterocycles. The Labute approximate surface area is 169 Å². The van der Waals surface area contributed by atoms with Crippen LogP contribution in [0.1, 0.15) is 37.8 Å². The number of oxazole rings is 1. The normalized spacial score (nSPS) is 17.0. The molecule has 0 radical (unpaired) electrons. The summed E-state index contributed by atoms with van der Waals surface area (Å²) in [4.78, 5) is 20.4. The highest BCUT2D eigenvalue weighted by molar-refractivity contribution is 5.74. The van der Waals surface area contributed by atoms with Gasteiger partial charge in [0.1, 0.15) is 6.07 Å². The number of rotatable bonds is 5. The zero-order chi connectivity index (χ0) is 20.1. The summed E-state index contributed by atoms with van der Waals surface area (Å²) < 4.78 is 11.1. The van der Waals surface area contributed by atoms with Crippen LogP contribution in [0.25, 0.3) is 11.7 Å². The van der Waals surface area contributed by atoms with Crippen LogP contribution in [-0.2, 0) is 0 Å². The van der Waals surface area contributed by atoms with E-state index in [0.717, 1.165) is 12.8 Å². The Bertz CT molecular complexity index is 901. The molecule has 8 heteroatoms. The van der Waals surface area contributed by atoms with Gasteiger partial charge in [-0.05, 0) is 44.2 Å². The Hall–Kier alpha value is -3.21. The van der Waals surface area contributed by atoms with E-state index in [1.807, 2.05) is 9.80 Å². The van der Waals surface area contributed by atoms with Crippen LogP contribution < -0.4 is 10.2 Å². The largest absolute Gasteiger partial charge is 0.459 e. The molecule has 152 valence electrons. The SMILES string of the molecule is N#Cc1nc(-c2ccco2)oc1N1CCN(C(=O)NCCC2=CCCCC2)CC1. The predicted octanol–water partition coefficient (Wildman–Crippen LogP) is 3.53. The Kier molecular flexibility index (Phi) is 5.84. The van der Waals surface area contributed by atoms with Gasteiger partial charge in [-0.3, -0.25) is 0 Å². The van der Waals surface area contributed by atoms with Gasteiger partial charge < -0.3 is 24.0 Å². The number of nitrogens with zero attached hydrogens (tertiary/aromatic N) is 4. The lowest BCUT2D eigenvalue weighted by molar-refractivity contribution is 0.193. The van der Waals surface area contributed by atoms with E-state index >= 15 is 0 Å². The lowest BCUT2D eigenvalue weighted by Crippen LogP contribution is -2.52. The minimum absolute atomic E-state index is 0.0320. The highest BCUT2D eigenvalue weighted by atomic mass is 16.4. The zero-order valence-corrected chi connectivity index (χ0v) is 16.4. The number of nitriles is 1. The summed E-state index contributed by atoms with van der Waals surface area (Å²) in [6, 6.07) is 5.53. The number of allylic oxidation sites excluding steroid dienone is 1. The molecule has 2 amide bonds. The number of nitrogens with one attached hydrogen (secondary N) is 1. The Morgan fingerprint density at radius 3 is 2.83 bits per heavy atom. The van der Waals surface area contributed by atoms with Crippen LogP contribution in [-0.4, -0.2) is 48.6 Å². The van der Waals surface area contributed by atoms with Crippen molar-refractivity contribution in [1.82, 2.24) is 15.2 Å². The van der Waals surface area contributed by atoms with Crippen molar-refractivity contribution in [2.45, 2.75) is 32.1 Å². The van der Waals surface area contributed by atoms with Gasteiger partial charge in [0.15, 0.2) is 5.76 Å². The van der Waals surface area contributed by atoms with E-state index in [4.69, 9.17) is 8.83 Å². The number of carbonyl (C=O) groups excluding carboxylic acids is 1. The van der Waals surface area contributed by atoms with Crippen molar-refractivity contribution in [3.63, 3.8) is 0 Å². The third-order valence-electron chi connectivity index (χ3n) is 5.41. The van der Waals surface area contributed by atoms with Crippen molar-refractivity contribution in [3.05, 3.63) is 35.7 Å². The van der Waals surface area contributed by atoms with Gasteiger partial charge in [-0.15, -0.1) is 0 Å². The van der Waals surface area contributed by atoms with Crippen molar-refractivity contribution in [3.8, 4) is 17.7 Å². The summed E-state index contributed by atoms with van der Waals surface area (Å²) in [5, 5.41) is 12.4. The molecule has 0 unspecified atom stereocenters. The second kappa shape index (κ2) is 8.86. The third kappa shape index (κ3) is 4.45. The standard InChI is InChI=1S/C21H25N5O3/c22-15-17-20(29-19(24-17)18-7-4-14-28-18)25-10-12-26(13-11-25)21(27)23-9-8-16-5-2-1-3-6-16/h4-5,7,14H,1-3,6,8-13H2,(H,23,27). The number of aromatic nitrogens is 1. The number of furan rings is 1. The highest BCUT2D eigenvalue weighted by Gasteiger charge is 2.27. The fourth-order valence-corrected chi connectivity index (χ4v) is 3.79. The summed E-state index contributed by atoms with van der Waals surface area (Å²) in [5.74, 6) is 1.21. The van der Waals surface area contributed by atoms with E-state index in [0.29, 0.717) is 50.3 Å². The molecule has 0 saturated carbocycles. The molecule has 4 rings (SSSR count). The number of piperazine rings is 1. The van der Waals surface area contributed by atoms with Crippen LogP contribution in [0.3, 0.4) is 0 Å². The molecule has 1 saturated heterocycles. The smallest absolute Gasteiger partial charge is 0.317 e. The number of carbonyl (C=O) groups is 1. The maximum atomic E-state index is 12.4. The van der Waals surface area contributed by atoms with Gasteiger partial charge in [0.05, 0.1) is 6.26 Å². The average Bonchev–Trinajstić information content (AvgIpc) is 3.44. The van der Waals surface area contributed by atoms with Crippen molar-refractivity contribution in [1.29, 1.82) is 5.26 Å². The molecule has 3 heterocycles. The van der Waals surface area contributed by atoms with Crippen molar-refractivity contribution < 1.29 is 13.6 Å². The number of hydrogen-bond acceptors (Lipinski definition) is 6. The number of amides is 2. The van der Waals surface area contributed by atoms with Crippen LogP contribution in [0.4, 0.5) is 10.7 Å². The maximum absolute atomic E-state index is 12.4. The van der Waals surface area contributed by atoms with Crippen LogP contribution in [0.2, 0.25) is 0 Å². The van der Waals surface area contributed by atoms with Gasteiger partial charge in [0.2, 0.25) is 11.6 Å². The molecular weight excluding hydrogens is 370 g/mol. The van der Waals surface area contributed by atoms with Gasteiger partial charge >= 0.3 is 6.03 Å². The molecule has 29 heavy (non-hydrogen) atoms. The topological polar surface area (TPSA) is 98.5 Å². The van der Waals surface area contributed by atoms with Crippen LogP contribution in [0.5, 0.6) is 0 Å². The lowest BCUT2D eigenvalue weighted by atomic mass is 9.97. The van der Waals surface area contributed by atoms with Crippen LogP contribution in [0, 0.1) is 11.3 Å². The Morgan fingerprint density at radius 1 is 1.28 bits per heavy atom. The number of hydrogen-bond donors (Lipinski definition) is 1. The minimum Gasteiger partial charge on any atom is -0.459 e. The van der Waals surface area contributed by atoms with E-state index < -0.39 is 0 Å².